The summed E-state index contributed by atoms with van der Waals surface area (Å²) in [6.07, 6.45) is 4.34. The minimum atomic E-state index is -0.00735. The summed E-state index contributed by atoms with van der Waals surface area (Å²) in [6.45, 7) is 0.600. The van der Waals surface area contributed by atoms with Crippen molar-refractivity contribution >= 4 is 16.7 Å². The van der Waals surface area contributed by atoms with Gasteiger partial charge in [0.05, 0.1) is 19.9 Å². The van der Waals surface area contributed by atoms with Crippen LogP contribution in [0.1, 0.15) is 11.3 Å². The fourth-order valence-electron chi connectivity index (χ4n) is 2.61. The molecule has 0 aliphatic heterocycles. The molecule has 3 rings (SSSR count). The Bertz CT molecular complexity index is 797. The van der Waals surface area contributed by atoms with E-state index in [0.717, 1.165) is 23.3 Å². The minimum Gasteiger partial charge on any atom is -0.497 e. The zero-order chi connectivity index (χ0) is 16.1. The molecule has 2 N–H and O–H groups in total. The first-order valence-corrected chi connectivity index (χ1v) is 7.56. The number of nitrogens with one attached hydrogen (secondary N) is 2. The van der Waals surface area contributed by atoms with E-state index >= 15 is 0 Å². The number of benzene rings is 2. The molecule has 0 fully saturated rings. The number of nitrogens with zero attached hydrogens (tertiary/aromatic N) is 1. The van der Waals surface area contributed by atoms with Crippen molar-refractivity contribution in [3.8, 4) is 5.75 Å². The average molecular weight is 309 g/mol. The first-order valence-electron chi connectivity index (χ1n) is 7.56. The summed E-state index contributed by atoms with van der Waals surface area (Å²) in [5, 5.41) is 5.28. The standard InChI is InChI=1S/C18H19N3O2/c1-23-16-6-5-13-3-2-4-14(17(13)10-16)7-8-20-18(22)9-15-11-19-12-21-15/h2-6,10-12H,7-9H2,1H3,(H,19,21)(H,20,22). The maximum atomic E-state index is 11.9. The van der Waals surface area contributed by atoms with Gasteiger partial charge in [-0.25, -0.2) is 4.98 Å². The number of carbonyl (C=O) groups is 1. The van der Waals surface area contributed by atoms with E-state index in [1.807, 2.05) is 18.2 Å². The average Bonchev–Trinajstić information content (AvgIpc) is 3.07. The second kappa shape index (κ2) is 6.96. The van der Waals surface area contributed by atoms with Crippen LogP contribution in [-0.4, -0.2) is 29.5 Å². The molecule has 0 unspecified atom stereocenters. The summed E-state index contributed by atoms with van der Waals surface area (Å²) in [6, 6.07) is 12.2. The molecule has 1 amide bonds. The number of ether oxygens (including phenoxy) is 1. The number of fused-ring (bicyclic) bond motifs is 1. The Morgan fingerprint density at radius 3 is 3.00 bits per heavy atom. The summed E-state index contributed by atoms with van der Waals surface area (Å²) in [4.78, 5) is 18.7. The lowest BCUT2D eigenvalue weighted by Gasteiger charge is -2.09. The Kier molecular flexibility index (Phi) is 4.57. The topological polar surface area (TPSA) is 67.0 Å². The van der Waals surface area contributed by atoms with Crippen molar-refractivity contribution in [1.82, 2.24) is 15.3 Å². The van der Waals surface area contributed by atoms with Crippen LogP contribution in [0, 0.1) is 0 Å². The van der Waals surface area contributed by atoms with Crippen LogP contribution < -0.4 is 10.1 Å². The fraction of sp³-hybridized carbons (Fsp3) is 0.222. The molecular weight excluding hydrogens is 290 g/mol. The van der Waals surface area contributed by atoms with E-state index in [-0.39, 0.29) is 5.91 Å². The number of imidazole rings is 1. The van der Waals surface area contributed by atoms with Gasteiger partial charge in [0.1, 0.15) is 5.75 Å². The summed E-state index contributed by atoms with van der Waals surface area (Å²) < 4.78 is 5.30. The molecule has 5 nitrogen and oxygen atoms in total. The Labute approximate surface area is 134 Å². The lowest BCUT2D eigenvalue weighted by atomic mass is 10.0. The largest absolute Gasteiger partial charge is 0.497 e. The highest BCUT2D eigenvalue weighted by Gasteiger charge is 2.06. The first-order chi connectivity index (χ1) is 11.3. The molecule has 3 aromatic rings. The van der Waals surface area contributed by atoms with Gasteiger partial charge in [0.15, 0.2) is 0 Å². The van der Waals surface area contributed by atoms with Crippen LogP contribution in [0.3, 0.4) is 0 Å². The van der Waals surface area contributed by atoms with E-state index in [9.17, 15) is 4.79 Å². The van der Waals surface area contributed by atoms with Gasteiger partial charge in [-0.15, -0.1) is 0 Å². The number of hydrogen-bond acceptors (Lipinski definition) is 3. The highest BCUT2D eigenvalue weighted by molar-refractivity contribution is 5.87. The normalized spacial score (nSPS) is 10.7. The number of rotatable bonds is 6. The minimum absolute atomic E-state index is 0.00735. The zero-order valence-electron chi connectivity index (χ0n) is 13.0. The van der Waals surface area contributed by atoms with Crippen molar-refractivity contribution in [2.75, 3.05) is 13.7 Å². The maximum Gasteiger partial charge on any atom is 0.226 e. The summed E-state index contributed by atoms with van der Waals surface area (Å²) in [5.74, 6) is 0.834. The van der Waals surface area contributed by atoms with Gasteiger partial charge in [-0.1, -0.05) is 24.3 Å². The summed E-state index contributed by atoms with van der Waals surface area (Å²) in [5.41, 5.74) is 2.01. The van der Waals surface area contributed by atoms with Crippen molar-refractivity contribution in [2.45, 2.75) is 12.8 Å². The third kappa shape index (κ3) is 3.69. The van der Waals surface area contributed by atoms with E-state index in [0.29, 0.717) is 13.0 Å². The number of aromatic nitrogens is 2. The third-order valence-electron chi connectivity index (χ3n) is 3.80. The predicted octanol–water partition coefficient (Wildman–Crippen LogP) is 2.47. The van der Waals surface area contributed by atoms with Gasteiger partial charge in [-0.3, -0.25) is 4.79 Å². The van der Waals surface area contributed by atoms with Crippen LogP contribution in [0.4, 0.5) is 0 Å². The van der Waals surface area contributed by atoms with Crippen molar-refractivity contribution in [3.05, 3.63) is 60.2 Å². The fourth-order valence-corrected chi connectivity index (χ4v) is 2.61. The van der Waals surface area contributed by atoms with Crippen molar-refractivity contribution in [3.63, 3.8) is 0 Å². The SMILES string of the molecule is COc1ccc2cccc(CCNC(=O)Cc3cnc[nH]3)c2c1. The van der Waals surface area contributed by atoms with Crippen molar-refractivity contribution < 1.29 is 9.53 Å². The van der Waals surface area contributed by atoms with Crippen LogP contribution in [0.25, 0.3) is 10.8 Å². The van der Waals surface area contributed by atoms with Gasteiger partial charge in [0.25, 0.3) is 0 Å². The Balaban J connectivity index is 1.63. The molecular formula is C18H19N3O2. The molecule has 0 atom stereocenters. The molecule has 118 valence electrons. The van der Waals surface area contributed by atoms with Crippen molar-refractivity contribution in [2.24, 2.45) is 0 Å². The monoisotopic (exact) mass is 309 g/mol. The lowest BCUT2D eigenvalue weighted by Crippen LogP contribution is -2.27. The Morgan fingerprint density at radius 1 is 1.30 bits per heavy atom. The van der Waals surface area contributed by atoms with Crippen LogP contribution >= 0.6 is 0 Å². The van der Waals surface area contributed by atoms with Crippen LogP contribution in [-0.2, 0) is 17.6 Å². The molecule has 5 heteroatoms. The van der Waals surface area contributed by atoms with Gasteiger partial charge in [0, 0.05) is 18.4 Å². The molecule has 0 bridgehead atoms. The second-order valence-corrected chi connectivity index (χ2v) is 5.36. The zero-order valence-corrected chi connectivity index (χ0v) is 13.0. The molecule has 0 aliphatic rings. The van der Waals surface area contributed by atoms with Gasteiger partial charge in [0.2, 0.25) is 5.91 Å². The smallest absolute Gasteiger partial charge is 0.226 e. The predicted molar refractivity (Wildman–Crippen MR) is 89.5 cm³/mol. The summed E-state index contributed by atoms with van der Waals surface area (Å²) >= 11 is 0. The number of H-pyrrole nitrogens is 1. The third-order valence-corrected chi connectivity index (χ3v) is 3.80. The molecule has 2 aromatic carbocycles. The number of amides is 1. The van der Waals surface area contributed by atoms with E-state index in [1.165, 1.54) is 10.9 Å². The second-order valence-electron chi connectivity index (χ2n) is 5.36. The molecule has 0 spiro atoms. The van der Waals surface area contributed by atoms with E-state index in [4.69, 9.17) is 4.74 Å². The van der Waals surface area contributed by atoms with Crippen LogP contribution in [0.2, 0.25) is 0 Å². The molecule has 0 radical (unpaired) electrons. The Morgan fingerprint density at radius 2 is 2.22 bits per heavy atom. The van der Waals surface area contributed by atoms with Gasteiger partial charge < -0.3 is 15.0 Å². The van der Waals surface area contributed by atoms with Crippen LogP contribution in [0.5, 0.6) is 5.75 Å². The highest BCUT2D eigenvalue weighted by Crippen LogP contribution is 2.24. The molecule has 0 saturated heterocycles. The van der Waals surface area contributed by atoms with E-state index in [1.54, 1.807) is 19.6 Å². The number of aromatic amines is 1. The maximum absolute atomic E-state index is 11.9. The number of hydrogen-bond donors (Lipinski definition) is 2. The number of methoxy groups -OCH3 is 1. The van der Waals surface area contributed by atoms with E-state index < -0.39 is 0 Å². The van der Waals surface area contributed by atoms with Crippen molar-refractivity contribution in [1.29, 1.82) is 0 Å². The highest BCUT2D eigenvalue weighted by atomic mass is 16.5. The van der Waals surface area contributed by atoms with Crippen LogP contribution in [0.15, 0.2) is 48.9 Å². The number of carbonyl (C=O) groups excluding carboxylic acids is 1. The molecule has 0 saturated carbocycles. The molecule has 1 aromatic heterocycles. The molecule has 23 heavy (non-hydrogen) atoms. The van der Waals surface area contributed by atoms with Gasteiger partial charge in [-0.2, -0.15) is 0 Å². The van der Waals surface area contributed by atoms with E-state index in [2.05, 4.69) is 33.5 Å². The summed E-state index contributed by atoms with van der Waals surface area (Å²) in [7, 11) is 1.67. The lowest BCUT2D eigenvalue weighted by molar-refractivity contribution is -0.120. The Hall–Kier alpha value is -2.82. The van der Waals surface area contributed by atoms with Gasteiger partial charge in [-0.05, 0) is 34.9 Å². The van der Waals surface area contributed by atoms with Gasteiger partial charge >= 0.3 is 0 Å². The molecule has 1 heterocycles. The molecule has 0 aliphatic carbocycles. The quantitative estimate of drug-likeness (QED) is 0.735. The first kappa shape index (κ1) is 15.1.